The molecule has 2 aliphatic rings. The average Bonchev–Trinajstić information content (AvgIpc) is 2.93. The van der Waals surface area contributed by atoms with Crippen LogP contribution in [0.15, 0.2) is 0 Å². The van der Waals surface area contributed by atoms with Gasteiger partial charge in [0.1, 0.15) is 0 Å². The summed E-state index contributed by atoms with van der Waals surface area (Å²) in [4.78, 5) is 0. The quantitative estimate of drug-likeness (QED) is 0.0793. The van der Waals surface area contributed by atoms with Gasteiger partial charge in [0.2, 0.25) is 0 Å². The van der Waals surface area contributed by atoms with E-state index in [2.05, 4.69) is 27.7 Å². The van der Waals surface area contributed by atoms with Gasteiger partial charge < -0.3 is 14.2 Å². The average molecular weight is 579 g/mol. The highest BCUT2D eigenvalue weighted by atomic mass is 16.5. The predicted octanol–water partition coefficient (Wildman–Crippen LogP) is 12.3. The first-order valence-corrected chi connectivity index (χ1v) is 19.1. The smallest absolute Gasteiger partial charge is 0.0603 e. The van der Waals surface area contributed by atoms with Crippen LogP contribution < -0.4 is 0 Å². The van der Waals surface area contributed by atoms with Crippen LogP contribution in [0.25, 0.3) is 0 Å². The molecule has 41 heavy (non-hydrogen) atoms. The molecule has 0 spiro atoms. The first-order valence-electron chi connectivity index (χ1n) is 19.1. The van der Waals surface area contributed by atoms with Crippen LogP contribution in [0.4, 0.5) is 0 Å². The molecule has 3 heteroatoms. The van der Waals surface area contributed by atoms with Crippen LogP contribution in [0.3, 0.4) is 0 Å². The van der Waals surface area contributed by atoms with Crippen LogP contribution in [0.1, 0.15) is 207 Å². The van der Waals surface area contributed by atoms with Gasteiger partial charge >= 0.3 is 0 Å². The molecule has 0 N–H and O–H groups in total. The monoisotopic (exact) mass is 579 g/mol. The SMILES string of the molecule is CCCCCCC(CCCCCCCCC1CC(C)O1)OC(CCCCCC)CCCCCCCCC1CC(C)O1. The summed E-state index contributed by atoms with van der Waals surface area (Å²) >= 11 is 0. The van der Waals surface area contributed by atoms with Crippen LogP contribution >= 0.6 is 0 Å². The van der Waals surface area contributed by atoms with Crippen LogP contribution in [-0.2, 0) is 14.2 Å². The highest BCUT2D eigenvalue weighted by Crippen LogP contribution is 2.27. The number of ether oxygens (including phenoxy) is 3. The summed E-state index contributed by atoms with van der Waals surface area (Å²) in [5.41, 5.74) is 0. The van der Waals surface area contributed by atoms with E-state index in [9.17, 15) is 0 Å². The number of hydrogen-bond acceptors (Lipinski definition) is 3. The Morgan fingerprint density at radius 1 is 0.463 bits per heavy atom. The molecule has 2 saturated heterocycles. The van der Waals surface area contributed by atoms with Gasteiger partial charge in [0, 0.05) is 0 Å². The molecule has 244 valence electrons. The lowest BCUT2D eigenvalue weighted by Gasteiger charge is -2.33. The Morgan fingerprint density at radius 2 is 0.756 bits per heavy atom. The van der Waals surface area contributed by atoms with E-state index in [1.807, 2.05) is 0 Å². The Balaban J connectivity index is 1.61. The lowest BCUT2D eigenvalue weighted by atomic mass is 9.98. The molecule has 0 aliphatic carbocycles. The minimum absolute atomic E-state index is 0.497. The van der Waals surface area contributed by atoms with Crippen molar-refractivity contribution in [2.45, 2.75) is 244 Å². The third-order valence-corrected chi connectivity index (χ3v) is 9.79. The van der Waals surface area contributed by atoms with Crippen molar-refractivity contribution in [2.24, 2.45) is 0 Å². The van der Waals surface area contributed by atoms with Crippen molar-refractivity contribution in [3.63, 3.8) is 0 Å². The Hall–Kier alpha value is -0.120. The van der Waals surface area contributed by atoms with E-state index < -0.39 is 0 Å². The second-order valence-corrected chi connectivity index (χ2v) is 14.1. The molecule has 0 radical (unpaired) electrons. The first-order chi connectivity index (χ1) is 20.1. The van der Waals surface area contributed by atoms with Gasteiger partial charge in [-0.05, 0) is 65.2 Å². The van der Waals surface area contributed by atoms with Gasteiger partial charge in [0.15, 0.2) is 0 Å². The molecular weight excluding hydrogens is 504 g/mol. The van der Waals surface area contributed by atoms with Crippen LogP contribution in [0.5, 0.6) is 0 Å². The molecule has 2 aliphatic heterocycles. The summed E-state index contributed by atoms with van der Waals surface area (Å²) in [6.07, 6.45) is 40.9. The van der Waals surface area contributed by atoms with Gasteiger partial charge in [-0.3, -0.25) is 0 Å². The van der Waals surface area contributed by atoms with Crippen molar-refractivity contribution in [3.8, 4) is 0 Å². The van der Waals surface area contributed by atoms with Gasteiger partial charge in [0.25, 0.3) is 0 Å². The molecule has 6 unspecified atom stereocenters. The molecule has 2 fully saturated rings. The molecule has 0 amide bonds. The maximum Gasteiger partial charge on any atom is 0.0603 e. The number of hydrogen-bond donors (Lipinski definition) is 0. The van der Waals surface area contributed by atoms with E-state index in [1.54, 1.807) is 0 Å². The summed E-state index contributed by atoms with van der Waals surface area (Å²) in [5, 5.41) is 0. The first kappa shape index (κ1) is 37.1. The van der Waals surface area contributed by atoms with Crippen molar-refractivity contribution in [1.29, 1.82) is 0 Å². The molecule has 2 rings (SSSR count). The summed E-state index contributed by atoms with van der Waals surface area (Å²) in [6, 6.07) is 0. The highest BCUT2D eigenvalue weighted by Gasteiger charge is 2.25. The summed E-state index contributed by atoms with van der Waals surface area (Å²) in [5.74, 6) is 0. The van der Waals surface area contributed by atoms with E-state index in [-0.39, 0.29) is 0 Å². The normalized spacial score (nSPS) is 23.7. The summed E-state index contributed by atoms with van der Waals surface area (Å²) < 4.78 is 18.5. The zero-order valence-electron chi connectivity index (χ0n) is 28.5. The highest BCUT2D eigenvalue weighted by molar-refractivity contribution is 4.74. The second-order valence-electron chi connectivity index (χ2n) is 14.1. The Bertz CT molecular complexity index is 506. The van der Waals surface area contributed by atoms with Crippen molar-refractivity contribution < 1.29 is 14.2 Å². The van der Waals surface area contributed by atoms with Crippen LogP contribution in [0, 0.1) is 0 Å². The minimum Gasteiger partial charge on any atom is -0.375 e. The molecule has 0 bridgehead atoms. The fourth-order valence-corrected chi connectivity index (χ4v) is 7.08. The Kier molecular flexibility index (Phi) is 22.8. The number of unbranched alkanes of at least 4 members (excludes halogenated alkanes) is 16. The lowest BCUT2D eigenvalue weighted by molar-refractivity contribution is -0.117. The van der Waals surface area contributed by atoms with Gasteiger partial charge in [-0.1, -0.05) is 142 Å². The molecule has 2 heterocycles. The van der Waals surface area contributed by atoms with E-state index in [0.29, 0.717) is 36.6 Å². The molecule has 0 saturated carbocycles. The van der Waals surface area contributed by atoms with Crippen molar-refractivity contribution in [1.82, 2.24) is 0 Å². The molecule has 0 aromatic carbocycles. The largest absolute Gasteiger partial charge is 0.375 e. The topological polar surface area (TPSA) is 27.7 Å². The maximum absolute atomic E-state index is 6.98. The van der Waals surface area contributed by atoms with Gasteiger partial charge in [0.05, 0.1) is 36.6 Å². The molecule has 0 aromatic rings. The standard InChI is InChI=1S/C38H74O3/c1-5-7-9-19-25-35(27-21-15-11-13-17-23-29-37-31-33(3)39-37)41-36(26-20-10-8-6-2)28-22-16-12-14-18-24-30-38-32-34(4)40-38/h33-38H,5-32H2,1-4H3. The maximum atomic E-state index is 6.98. The number of rotatable bonds is 30. The van der Waals surface area contributed by atoms with Gasteiger partial charge in [-0.15, -0.1) is 0 Å². The van der Waals surface area contributed by atoms with Gasteiger partial charge in [-0.25, -0.2) is 0 Å². The molecule has 6 atom stereocenters. The van der Waals surface area contributed by atoms with Gasteiger partial charge in [-0.2, -0.15) is 0 Å². The predicted molar refractivity (Wildman–Crippen MR) is 178 cm³/mol. The Labute approximate surface area is 258 Å². The van der Waals surface area contributed by atoms with Crippen LogP contribution in [0.2, 0.25) is 0 Å². The molecule has 0 aromatic heterocycles. The third-order valence-electron chi connectivity index (χ3n) is 9.79. The van der Waals surface area contributed by atoms with E-state index >= 15 is 0 Å². The third kappa shape index (κ3) is 19.7. The molecule has 3 nitrogen and oxygen atoms in total. The summed E-state index contributed by atoms with van der Waals surface area (Å²) in [6.45, 7) is 9.04. The zero-order valence-corrected chi connectivity index (χ0v) is 28.5. The fraction of sp³-hybridized carbons (Fsp3) is 1.00. The van der Waals surface area contributed by atoms with Crippen LogP contribution in [-0.4, -0.2) is 36.6 Å². The van der Waals surface area contributed by atoms with Crippen molar-refractivity contribution in [3.05, 3.63) is 0 Å². The lowest BCUT2D eigenvalue weighted by Crippen LogP contribution is -2.34. The fourth-order valence-electron chi connectivity index (χ4n) is 7.08. The second kappa shape index (κ2) is 25.2. The van der Waals surface area contributed by atoms with E-state index in [0.717, 1.165) is 0 Å². The van der Waals surface area contributed by atoms with E-state index in [4.69, 9.17) is 14.2 Å². The van der Waals surface area contributed by atoms with E-state index in [1.165, 1.54) is 180 Å². The summed E-state index contributed by atoms with van der Waals surface area (Å²) in [7, 11) is 0. The minimum atomic E-state index is 0.497. The van der Waals surface area contributed by atoms with Crippen molar-refractivity contribution >= 4 is 0 Å². The zero-order chi connectivity index (χ0) is 29.4. The molecular formula is C38H74O3. The Morgan fingerprint density at radius 3 is 1.07 bits per heavy atom. The van der Waals surface area contributed by atoms with Crippen molar-refractivity contribution in [2.75, 3.05) is 0 Å².